The van der Waals surface area contributed by atoms with E-state index in [0.717, 1.165) is 19.4 Å². The first-order valence-corrected chi connectivity index (χ1v) is 6.62. The Morgan fingerprint density at radius 2 is 2.18 bits per heavy atom. The van der Waals surface area contributed by atoms with Gasteiger partial charge in [-0.05, 0) is 30.9 Å². The smallest absolute Gasteiger partial charge is 0.147 e. The predicted molar refractivity (Wildman–Crippen MR) is 74.0 cm³/mol. The van der Waals surface area contributed by atoms with E-state index in [1.807, 2.05) is 0 Å². The summed E-state index contributed by atoms with van der Waals surface area (Å²) in [5.74, 6) is 0.249. The van der Waals surface area contributed by atoms with Gasteiger partial charge < -0.3 is 5.32 Å². The molecule has 0 bridgehead atoms. The van der Waals surface area contributed by atoms with Crippen LogP contribution in [0.4, 0.5) is 5.69 Å². The summed E-state index contributed by atoms with van der Waals surface area (Å²) in [5.41, 5.74) is 3.80. The number of carbonyl (C=O) groups is 1. The molecule has 0 radical (unpaired) electrons. The molecule has 0 aliphatic heterocycles. The molecule has 0 unspecified atom stereocenters. The quantitative estimate of drug-likeness (QED) is 0.595. The van der Waals surface area contributed by atoms with Crippen LogP contribution in [0.1, 0.15) is 30.9 Å². The van der Waals surface area contributed by atoms with Crippen molar-refractivity contribution in [2.24, 2.45) is 0 Å². The third kappa shape index (κ3) is 4.39. The molecule has 0 aliphatic rings. The minimum Gasteiger partial charge on any atom is -0.385 e. The van der Waals surface area contributed by atoms with Gasteiger partial charge in [0.15, 0.2) is 0 Å². The van der Waals surface area contributed by atoms with Crippen LogP contribution in [-0.2, 0) is 11.2 Å². The van der Waals surface area contributed by atoms with Gasteiger partial charge in [-0.25, -0.2) is 0 Å². The number of anilines is 1. The maximum atomic E-state index is 11.1. The van der Waals surface area contributed by atoms with Crippen molar-refractivity contribution in [3.63, 3.8) is 0 Å². The van der Waals surface area contributed by atoms with Crippen LogP contribution in [0.25, 0.3) is 0 Å². The second kappa shape index (κ2) is 7.33. The van der Waals surface area contributed by atoms with E-state index in [-0.39, 0.29) is 11.7 Å². The van der Waals surface area contributed by atoms with Gasteiger partial charge in [0, 0.05) is 18.7 Å². The van der Waals surface area contributed by atoms with E-state index in [2.05, 4.69) is 37.4 Å². The minimum absolute atomic E-state index is 0.119. The number of Topliss-reactive ketones (excluding diaryl/α,β-unsaturated/α-hetero) is 1. The van der Waals surface area contributed by atoms with Crippen LogP contribution in [0.5, 0.6) is 0 Å². The Labute approximate surface area is 108 Å². The van der Waals surface area contributed by atoms with Crippen LogP contribution in [0.3, 0.4) is 0 Å². The Hall–Kier alpha value is -1.02. The number of halogens is 1. The molecule has 0 amide bonds. The van der Waals surface area contributed by atoms with E-state index in [1.54, 1.807) is 0 Å². The van der Waals surface area contributed by atoms with Crippen LogP contribution in [0.2, 0.25) is 0 Å². The lowest BCUT2D eigenvalue weighted by atomic mass is 10.1. The van der Waals surface area contributed by atoms with E-state index >= 15 is 0 Å². The van der Waals surface area contributed by atoms with Crippen molar-refractivity contribution in [2.45, 2.75) is 33.1 Å². The summed E-state index contributed by atoms with van der Waals surface area (Å²) >= 11 is 5.45. The molecular weight excluding hydrogens is 234 g/mol. The molecule has 0 aromatic heterocycles. The fourth-order valence-corrected chi connectivity index (χ4v) is 1.98. The van der Waals surface area contributed by atoms with Crippen LogP contribution in [0.15, 0.2) is 18.2 Å². The predicted octanol–water partition coefficient (Wildman–Crippen LogP) is 3.56. The van der Waals surface area contributed by atoms with Crippen molar-refractivity contribution < 1.29 is 4.79 Å². The molecule has 2 nitrogen and oxygen atoms in total. The number of hydrogen-bond donors (Lipinski definition) is 1. The van der Waals surface area contributed by atoms with Crippen molar-refractivity contribution in [2.75, 3.05) is 17.7 Å². The van der Waals surface area contributed by atoms with Crippen LogP contribution >= 0.6 is 11.6 Å². The number of carbonyl (C=O) groups excluding carboxylic acids is 1. The van der Waals surface area contributed by atoms with Gasteiger partial charge in [-0.1, -0.05) is 25.1 Å². The molecule has 1 N–H and O–H groups in total. The number of para-hydroxylation sites is 1. The van der Waals surface area contributed by atoms with Crippen molar-refractivity contribution in [1.29, 1.82) is 0 Å². The molecule has 1 aromatic carbocycles. The molecule has 94 valence electrons. The summed E-state index contributed by atoms with van der Waals surface area (Å²) in [6, 6.07) is 6.32. The van der Waals surface area contributed by atoms with Gasteiger partial charge >= 0.3 is 0 Å². The minimum atomic E-state index is 0.119. The molecular formula is C14H20ClNO. The zero-order chi connectivity index (χ0) is 12.7. The maximum Gasteiger partial charge on any atom is 0.147 e. The van der Waals surface area contributed by atoms with Gasteiger partial charge in [-0.15, -0.1) is 11.6 Å². The number of benzene rings is 1. The Morgan fingerprint density at radius 3 is 2.82 bits per heavy atom. The van der Waals surface area contributed by atoms with Gasteiger partial charge in [0.2, 0.25) is 0 Å². The Kier molecular flexibility index (Phi) is 6.06. The van der Waals surface area contributed by atoms with E-state index in [4.69, 9.17) is 11.6 Å². The number of rotatable bonds is 7. The molecule has 0 aliphatic carbocycles. The summed E-state index contributed by atoms with van der Waals surface area (Å²) in [6.45, 7) is 5.07. The first kappa shape index (κ1) is 14.0. The Balaban J connectivity index is 2.48. The molecule has 1 rings (SSSR count). The van der Waals surface area contributed by atoms with Gasteiger partial charge in [0.05, 0.1) is 5.88 Å². The third-order valence-electron chi connectivity index (χ3n) is 2.82. The van der Waals surface area contributed by atoms with E-state index in [9.17, 15) is 4.79 Å². The van der Waals surface area contributed by atoms with E-state index in [0.29, 0.717) is 6.42 Å². The zero-order valence-corrected chi connectivity index (χ0v) is 11.3. The zero-order valence-electron chi connectivity index (χ0n) is 10.6. The summed E-state index contributed by atoms with van der Waals surface area (Å²) in [4.78, 5) is 11.1. The van der Waals surface area contributed by atoms with Crippen molar-refractivity contribution in [3.8, 4) is 0 Å². The number of hydrogen-bond acceptors (Lipinski definition) is 2. The molecule has 17 heavy (non-hydrogen) atoms. The second-order valence-corrected chi connectivity index (χ2v) is 4.43. The van der Waals surface area contributed by atoms with Gasteiger partial charge in [0.25, 0.3) is 0 Å². The number of alkyl halides is 1. The van der Waals surface area contributed by atoms with Crippen LogP contribution in [-0.4, -0.2) is 18.2 Å². The van der Waals surface area contributed by atoms with Gasteiger partial charge in [0.1, 0.15) is 5.78 Å². The first-order chi connectivity index (χ1) is 8.19. The SMILES string of the molecule is CCc1cccc(C)c1NCCCC(=O)CCl. The standard InChI is InChI=1S/C14H20ClNO/c1-3-12-7-4-6-11(2)14(12)16-9-5-8-13(17)10-15/h4,6-7,16H,3,5,8-10H2,1-2H3. The number of nitrogens with one attached hydrogen (secondary N) is 1. The van der Waals surface area contributed by atoms with Crippen LogP contribution < -0.4 is 5.32 Å². The molecule has 0 atom stereocenters. The van der Waals surface area contributed by atoms with E-state index in [1.165, 1.54) is 16.8 Å². The highest BCUT2D eigenvalue weighted by Gasteiger charge is 2.04. The summed E-state index contributed by atoms with van der Waals surface area (Å²) in [6.07, 6.45) is 2.41. The highest BCUT2D eigenvalue weighted by Crippen LogP contribution is 2.20. The molecule has 3 heteroatoms. The fraction of sp³-hybridized carbons (Fsp3) is 0.500. The normalized spacial score (nSPS) is 10.3. The molecule has 0 heterocycles. The largest absolute Gasteiger partial charge is 0.385 e. The van der Waals surface area contributed by atoms with Crippen molar-refractivity contribution in [3.05, 3.63) is 29.3 Å². The van der Waals surface area contributed by atoms with Gasteiger partial charge in [-0.3, -0.25) is 4.79 Å². The fourth-order valence-electron chi connectivity index (χ4n) is 1.84. The summed E-state index contributed by atoms with van der Waals surface area (Å²) in [5, 5.41) is 3.42. The topological polar surface area (TPSA) is 29.1 Å². The molecule has 0 saturated heterocycles. The van der Waals surface area contributed by atoms with Crippen molar-refractivity contribution in [1.82, 2.24) is 0 Å². The van der Waals surface area contributed by atoms with Crippen LogP contribution in [0, 0.1) is 6.92 Å². The monoisotopic (exact) mass is 253 g/mol. The molecule has 0 spiro atoms. The number of ketones is 1. The highest BCUT2D eigenvalue weighted by atomic mass is 35.5. The number of aryl methyl sites for hydroxylation is 2. The molecule has 0 saturated carbocycles. The highest BCUT2D eigenvalue weighted by molar-refractivity contribution is 6.27. The molecule has 1 aromatic rings. The maximum absolute atomic E-state index is 11.1. The summed E-state index contributed by atoms with van der Waals surface area (Å²) < 4.78 is 0. The Morgan fingerprint density at radius 1 is 1.41 bits per heavy atom. The third-order valence-corrected chi connectivity index (χ3v) is 3.12. The van der Waals surface area contributed by atoms with Crippen molar-refractivity contribution >= 4 is 23.1 Å². The first-order valence-electron chi connectivity index (χ1n) is 6.09. The Bertz CT molecular complexity index is 376. The van der Waals surface area contributed by atoms with E-state index < -0.39 is 0 Å². The summed E-state index contributed by atoms with van der Waals surface area (Å²) in [7, 11) is 0. The lowest BCUT2D eigenvalue weighted by molar-refractivity contribution is -0.116. The van der Waals surface area contributed by atoms with Gasteiger partial charge in [-0.2, -0.15) is 0 Å². The average Bonchev–Trinajstić information content (AvgIpc) is 2.35. The second-order valence-electron chi connectivity index (χ2n) is 4.17. The molecule has 0 fully saturated rings. The lowest BCUT2D eigenvalue weighted by Crippen LogP contribution is -2.08. The lowest BCUT2D eigenvalue weighted by Gasteiger charge is -2.13. The average molecular weight is 254 g/mol.